The van der Waals surface area contributed by atoms with Gasteiger partial charge in [-0.1, -0.05) is 42.5 Å². The van der Waals surface area contributed by atoms with E-state index < -0.39 is 0 Å². The Morgan fingerprint density at radius 3 is 2.48 bits per heavy atom. The first-order valence-electron chi connectivity index (χ1n) is 7.80. The van der Waals surface area contributed by atoms with Gasteiger partial charge in [-0.25, -0.2) is 4.99 Å². The van der Waals surface area contributed by atoms with Crippen LogP contribution in [-0.2, 0) is 11.2 Å². The lowest BCUT2D eigenvalue weighted by Crippen LogP contribution is -2.41. The first-order valence-corrected chi connectivity index (χ1v) is 7.80. The van der Waals surface area contributed by atoms with E-state index in [1.165, 1.54) is 5.56 Å². The number of amidine groups is 1. The normalized spacial score (nSPS) is 15.3. The Bertz CT molecular complexity index is 713. The molecular weight excluding hydrogens is 286 g/mol. The predicted octanol–water partition coefficient (Wildman–Crippen LogP) is 3.16. The largest absolute Gasteiger partial charge is 0.378 e. The number of hydrogen-bond acceptors (Lipinski definition) is 3. The van der Waals surface area contributed by atoms with E-state index in [4.69, 9.17) is 9.73 Å². The molecule has 4 nitrogen and oxygen atoms in total. The van der Waals surface area contributed by atoms with Crippen LogP contribution in [0.1, 0.15) is 11.1 Å². The van der Waals surface area contributed by atoms with E-state index in [-0.39, 0.29) is 0 Å². The zero-order valence-electron chi connectivity index (χ0n) is 13.0. The summed E-state index contributed by atoms with van der Waals surface area (Å²) in [6.45, 7) is 3.10. The molecule has 0 amide bonds. The Kier molecular flexibility index (Phi) is 5.02. The van der Waals surface area contributed by atoms with Crippen LogP contribution in [0.15, 0.2) is 59.6 Å². The SMILES string of the molecule is N#Cc1ccccc1N=C(Cc1ccccc1)N1CCOCC1. The van der Waals surface area contributed by atoms with Crippen molar-refractivity contribution in [2.45, 2.75) is 6.42 Å². The number of ether oxygens (including phenoxy) is 1. The first kappa shape index (κ1) is 15.3. The molecule has 23 heavy (non-hydrogen) atoms. The first-order chi connectivity index (χ1) is 11.4. The van der Waals surface area contributed by atoms with Gasteiger partial charge in [0.25, 0.3) is 0 Å². The molecule has 116 valence electrons. The third-order valence-electron chi connectivity index (χ3n) is 3.86. The molecule has 0 atom stereocenters. The van der Waals surface area contributed by atoms with Gasteiger partial charge in [0.2, 0.25) is 0 Å². The third kappa shape index (κ3) is 3.97. The topological polar surface area (TPSA) is 48.6 Å². The smallest absolute Gasteiger partial charge is 0.109 e. The maximum atomic E-state index is 9.28. The van der Waals surface area contributed by atoms with E-state index in [9.17, 15) is 5.26 Å². The van der Waals surface area contributed by atoms with Gasteiger partial charge in [0.05, 0.1) is 24.5 Å². The lowest BCUT2D eigenvalue weighted by Gasteiger charge is -2.30. The number of aliphatic imine (C=N–C) groups is 1. The standard InChI is InChI=1S/C19H19N3O/c20-15-17-8-4-5-9-18(17)21-19(22-10-12-23-13-11-22)14-16-6-2-1-3-7-16/h1-9H,10-14H2. The van der Waals surface area contributed by atoms with Crippen molar-refractivity contribution in [2.24, 2.45) is 4.99 Å². The maximum Gasteiger partial charge on any atom is 0.109 e. The molecule has 1 aliphatic heterocycles. The zero-order valence-corrected chi connectivity index (χ0v) is 13.0. The quantitative estimate of drug-likeness (QED) is 0.646. The molecule has 0 unspecified atom stereocenters. The Morgan fingerprint density at radius 1 is 1.04 bits per heavy atom. The molecule has 2 aromatic rings. The second-order valence-corrected chi connectivity index (χ2v) is 5.42. The van der Waals surface area contributed by atoms with Gasteiger partial charge < -0.3 is 9.64 Å². The molecule has 3 rings (SSSR count). The minimum atomic E-state index is 0.603. The molecule has 0 N–H and O–H groups in total. The Labute approximate surface area is 136 Å². The highest BCUT2D eigenvalue weighted by atomic mass is 16.5. The summed E-state index contributed by atoms with van der Waals surface area (Å²) in [5, 5.41) is 9.28. The summed E-state index contributed by atoms with van der Waals surface area (Å²) in [5.41, 5.74) is 2.55. The van der Waals surface area contributed by atoms with Crippen molar-refractivity contribution in [1.29, 1.82) is 5.26 Å². The molecule has 2 aromatic carbocycles. The lowest BCUT2D eigenvalue weighted by molar-refractivity contribution is 0.0674. The summed E-state index contributed by atoms with van der Waals surface area (Å²) in [7, 11) is 0. The van der Waals surface area contributed by atoms with Crippen LogP contribution in [0, 0.1) is 11.3 Å². The molecule has 0 spiro atoms. The van der Waals surface area contributed by atoms with Crippen LogP contribution in [-0.4, -0.2) is 37.0 Å². The summed E-state index contributed by atoms with van der Waals surface area (Å²) in [5.74, 6) is 0.988. The van der Waals surface area contributed by atoms with Crippen molar-refractivity contribution in [3.05, 3.63) is 65.7 Å². The van der Waals surface area contributed by atoms with Gasteiger partial charge >= 0.3 is 0 Å². The second kappa shape index (κ2) is 7.57. The molecule has 0 aliphatic carbocycles. The van der Waals surface area contributed by atoms with Crippen molar-refractivity contribution >= 4 is 11.5 Å². The molecule has 1 aliphatic rings. The number of benzene rings is 2. The summed E-state index contributed by atoms with van der Waals surface area (Å²) in [6, 6.07) is 20.0. The number of nitrogens with zero attached hydrogens (tertiary/aromatic N) is 3. The zero-order chi connectivity index (χ0) is 15.9. The highest BCUT2D eigenvalue weighted by Gasteiger charge is 2.16. The van der Waals surface area contributed by atoms with Crippen LogP contribution in [0.25, 0.3) is 0 Å². The average Bonchev–Trinajstić information content (AvgIpc) is 2.63. The van der Waals surface area contributed by atoms with E-state index in [0.29, 0.717) is 18.8 Å². The number of morpholine rings is 1. The van der Waals surface area contributed by atoms with Crippen LogP contribution >= 0.6 is 0 Å². The van der Waals surface area contributed by atoms with Crippen LogP contribution in [0.3, 0.4) is 0 Å². The molecule has 1 saturated heterocycles. The molecule has 4 heteroatoms. The van der Waals surface area contributed by atoms with Gasteiger partial charge in [-0.3, -0.25) is 0 Å². The Morgan fingerprint density at radius 2 is 1.74 bits per heavy atom. The van der Waals surface area contributed by atoms with Crippen LogP contribution < -0.4 is 0 Å². The summed E-state index contributed by atoms with van der Waals surface area (Å²) in [4.78, 5) is 7.07. The van der Waals surface area contributed by atoms with Gasteiger partial charge in [0.1, 0.15) is 11.9 Å². The summed E-state index contributed by atoms with van der Waals surface area (Å²) in [6.07, 6.45) is 0.751. The van der Waals surface area contributed by atoms with Crippen molar-refractivity contribution < 1.29 is 4.74 Å². The van der Waals surface area contributed by atoms with Crippen molar-refractivity contribution in [2.75, 3.05) is 26.3 Å². The van der Waals surface area contributed by atoms with Gasteiger partial charge in [-0.2, -0.15) is 5.26 Å². The Hall–Kier alpha value is -2.64. The van der Waals surface area contributed by atoms with E-state index >= 15 is 0 Å². The molecule has 0 bridgehead atoms. The van der Waals surface area contributed by atoms with E-state index in [1.807, 2.05) is 36.4 Å². The fourth-order valence-electron chi connectivity index (χ4n) is 2.63. The number of rotatable bonds is 3. The van der Waals surface area contributed by atoms with Gasteiger partial charge in [-0.15, -0.1) is 0 Å². The van der Waals surface area contributed by atoms with Crippen molar-refractivity contribution in [3.63, 3.8) is 0 Å². The summed E-state index contributed by atoms with van der Waals surface area (Å²) >= 11 is 0. The lowest BCUT2D eigenvalue weighted by atomic mass is 10.1. The van der Waals surface area contributed by atoms with Gasteiger partial charge in [0, 0.05) is 19.5 Å². The maximum absolute atomic E-state index is 9.28. The number of para-hydroxylation sites is 1. The molecule has 0 saturated carbocycles. The summed E-state index contributed by atoms with van der Waals surface area (Å²) < 4.78 is 5.45. The number of nitriles is 1. The average molecular weight is 305 g/mol. The molecule has 1 fully saturated rings. The fourth-order valence-corrected chi connectivity index (χ4v) is 2.63. The van der Waals surface area contributed by atoms with E-state index in [1.54, 1.807) is 6.07 Å². The van der Waals surface area contributed by atoms with Gasteiger partial charge in [0.15, 0.2) is 0 Å². The Balaban J connectivity index is 1.93. The molecule has 0 aromatic heterocycles. The van der Waals surface area contributed by atoms with Crippen LogP contribution in [0.4, 0.5) is 5.69 Å². The van der Waals surface area contributed by atoms with Crippen LogP contribution in [0.2, 0.25) is 0 Å². The molecule has 0 radical (unpaired) electrons. The minimum Gasteiger partial charge on any atom is -0.378 e. The number of hydrogen-bond donors (Lipinski definition) is 0. The van der Waals surface area contributed by atoms with E-state index in [2.05, 4.69) is 23.1 Å². The monoisotopic (exact) mass is 305 g/mol. The minimum absolute atomic E-state index is 0.603. The van der Waals surface area contributed by atoms with Crippen molar-refractivity contribution in [3.8, 4) is 6.07 Å². The highest BCUT2D eigenvalue weighted by Crippen LogP contribution is 2.20. The van der Waals surface area contributed by atoms with E-state index in [0.717, 1.165) is 31.0 Å². The second-order valence-electron chi connectivity index (χ2n) is 5.42. The molecular formula is C19H19N3O. The van der Waals surface area contributed by atoms with Gasteiger partial charge in [-0.05, 0) is 17.7 Å². The fraction of sp³-hybridized carbons (Fsp3) is 0.263. The molecule has 1 heterocycles. The predicted molar refractivity (Wildman–Crippen MR) is 90.8 cm³/mol. The van der Waals surface area contributed by atoms with Crippen molar-refractivity contribution in [1.82, 2.24) is 4.90 Å². The van der Waals surface area contributed by atoms with Crippen LogP contribution in [0.5, 0.6) is 0 Å². The third-order valence-corrected chi connectivity index (χ3v) is 3.86. The highest BCUT2D eigenvalue weighted by molar-refractivity contribution is 5.87.